The Balaban J connectivity index is 0.000000180. The number of hydrogen-bond acceptors (Lipinski definition) is 3. The smallest absolute Gasteiger partial charge is 0.150 e. The zero-order valence-electron chi connectivity index (χ0n) is 16.7. The number of aldehydes is 1. The van der Waals surface area contributed by atoms with E-state index in [1.54, 1.807) is 24.3 Å². The van der Waals surface area contributed by atoms with Crippen LogP contribution in [0.25, 0.3) is 0 Å². The van der Waals surface area contributed by atoms with Crippen LogP contribution in [-0.4, -0.2) is 24.3 Å². The summed E-state index contributed by atoms with van der Waals surface area (Å²) in [4.78, 5) is 12.3. The Morgan fingerprint density at radius 2 is 1.24 bits per heavy atom. The molecule has 1 saturated carbocycles. The van der Waals surface area contributed by atoms with Crippen molar-refractivity contribution in [1.29, 1.82) is 5.26 Å². The lowest BCUT2D eigenvalue weighted by atomic mass is 10.1. The van der Waals surface area contributed by atoms with Crippen molar-refractivity contribution in [2.45, 2.75) is 51.0 Å². The van der Waals surface area contributed by atoms with Gasteiger partial charge >= 0.3 is 0 Å². The average Bonchev–Trinajstić information content (AvgIpc) is 3.48. The van der Waals surface area contributed by atoms with Crippen molar-refractivity contribution in [3.8, 4) is 6.07 Å². The van der Waals surface area contributed by atoms with Crippen LogP contribution in [0.4, 0.5) is 0 Å². The molecular formula is C24H28Cl2N2O. The molecule has 1 atom stereocenters. The van der Waals surface area contributed by atoms with Gasteiger partial charge in [-0.25, -0.2) is 0 Å². The van der Waals surface area contributed by atoms with Crippen molar-refractivity contribution < 1.29 is 4.79 Å². The van der Waals surface area contributed by atoms with Crippen molar-refractivity contribution in [2.75, 3.05) is 13.1 Å². The lowest BCUT2D eigenvalue weighted by molar-refractivity contribution is 0.112. The Hall–Kier alpha value is -1.86. The average molecular weight is 431 g/mol. The number of likely N-dealkylation sites (tertiary alicyclic amines) is 1. The first-order valence-corrected chi connectivity index (χ1v) is 11.0. The Morgan fingerprint density at radius 3 is 1.66 bits per heavy atom. The maximum absolute atomic E-state index is 10.1. The van der Waals surface area contributed by atoms with Gasteiger partial charge in [-0.2, -0.15) is 5.26 Å². The molecule has 5 heteroatoms. The largest absolute Gasteiger partial charge is 0.298 e. The minimum absolute atomic E-state index is 0.107. The molecule has 2 fully saturated rings. The molecule has 0 amide bonds. The predicted molar refractivity (Wildman–Crippen MR) is 121 cm³/mol. The van der Waals surface area contributed by atoms with Gasteiger partial charge in [-0.05, 0) is 55.8 Å². The van der Waals surface area contributed by atoms with E-state index in [1.807, 2.05) is 24.3 Å². The van der Waals surface area contributed by atoms with E-state index >= 15 is 0 Å². The highest BCUT2D eigenvalue weighted by Gasteiger charge is 2.22. The number of halogens is 2. The fourth-order valence-electron chi connectivity index (χ4n) is 3.44. The number of nitrogens with zero attached hydrogens (tertiary/aromatic N) is 2. The highest BCUT2D eigenvalue weighted by molar-refractivity contribution is 6.30. The van der Waals surface area contributed by atoms with Crippen LogP contribution in [0, 0.1) is 11.3 Å². The molecule has 0 bridgehead atoms. The third-order valence-electron chi connectivity index (χ3n) is 5.07. The van der Waals surface area contributed by atoms with Gasteiger partial charge in [0.25, 0.3) is 0 Å². The molecular weight excluding hydrogens is 403 g/mol. The molecule has 29 heavy (non-hydrogen) atoms. The lowest BCUT2D eigenvalue weighted by Crippen LogP contribution is -2.24. The summed E-state index contributed by atoms with van der Waals surface area (Å²) in [6, 6.07) is 16.5. The molecule has 3 nitrogen and oxygen atoms in total. The molecule has 1 aliphatic heterocycles. The fourth-order valence-corrected chi connectivity index (χ4v) is 3.69. The summed E-state index contributed by atoms with van der Waals surface area (Å²) in [6.45, 7) is 2.06. The van der Waals surface area contributed by atoms with E-state index in [-0.39, 0.29) is 6.04 Å². The summed E-state index contributed by atoms with van der Waals surface area (Å²) in [5, 5.41) is 10.6. The highest BCUT2D eigenvalue weighted by Crippen LogP contribution is 2.25. The summed E-state index contributed by atoms with van der Waals surface area (Å²) >= 11 is 11.4. The molecule has 2 aromatic rings. The van der Waals surface area contributed by atoms with Crippen LogP contribution >= 0.6 is 23.2 Å². The number of rotatable bonds is 3. The third kappa shape index (κ3) is 8.58. The number of hydrogen-bond donors (Lipinski definition) is 0. The van der Waals surface area contributed by atoms with E-state index in [9.17, 15) is 10.1 Å². The van der Waals surface area contributed by atoms with E-state index in [1.165, 1.54) is 44.9 Å². The van der Waals surface area contributed by atoms with Gasteiger partial charge in [0.2, 0.25) is 0 Å². The molecule has 0 spiro atoms. The van der Waals surface area contributed by atoms with Crippen LogP contribution in [-0.2, 0) is 0 Å². The summed E-state index contributed by atoms with van der Waals surface area (Å²) in [6.07, 6.45) is 10.7. The van der Waals surface area contributed by atoms with E-state index in [4.69, 9.17) is 23.2 Å². The first kappa shape index (κ1) is 23.4. The second-order valence-electron chi connectivity index (χ2n) is 7.26. The van der Waals surface area contributed by atoms with E-state index in [0.29, 0.717) is 10.6 Å². The van der Waals surface area contributed by atoms with Crippen molar-refractivity contribution in [3.63, 3.8) is 0 Å². The number of benzene rings is 2. The van der Waals surface area contributed by atoms with Crippen LogP contribution in [0.2, 0.25) is 10.0 Å². The fraction of sp³-hybridized carbons (Fsp3) is 0.417. The molecule has 2 aromatic carbocycles. The van der Waals surface area contributed by atoms with Gasteiger partial charge in [-0.3, -0.25) is 9.69 Å². The molecule has 0 radical (unpaired) electrons. The normalized spacial score (nSPS) is 16.6. The van der Waals surface area contributed by atoms with Crippen LogP contribution in [0.3, 0.4) is 0 Å². The van der Waals surface area contributed by atoms with Crippen LogP contribution in [0.15, 0.2) is 48.5 Å². The quantitative estimate of drug-likeness (QED) is 0.487. The molecule has 2 aliphatic rings. The van der Waals surface area contributed by atoms with Crippen molar-refractivity contribution in [2.24, 2.45) is 0 Å². The Morgan fingerprint density at radius 1 is 0.793 bits per heavy atom. The lowest BCUT2D eigenvalue weighted by Gasteiger charge is -2.21. The van der Waals surface area contributed by atoms with Crippen molar-refractivity contribution in [3.05, 3.63) is 69.7 Å². The predicted octanol–water partition coefficient (Wildman–Crippen LogP) is 7.10. The maximum atomic E-state index is 10.1. The minimum Gasteiger partial charge on any atom is -0.298 e. The first-order valence-electron chi connectivity index (χ1n) is 10.2. The van der Waals surface area contributed by atoms with Crippen molar-refractivity contribution >= 4 is 29.5 Å². The van der Waals surface area contributed by atoms with Gasteiger partial charge in [0.15, 0.2) is 0 Å². The number of carbonyl (C=O) groups is 1. The molecule has 1 unspecified atom stereocenters. The van der Waals surface area contributed by atoms with Crippen LogP contribution in [0.5, 0.6) is 0 Å². The Bertz CT molecular complexity index is 751. The molecule has 1 saturated heterocycles. The van der Waals surface area contributed by atoms with Gasteiger partial charge in [0, 0.05) is 15.6 Å². The van der Waals surface area contributed by atoms with Gasteiger partial charge in [0.1, 0.15) is 12.3 Å². The molecule has 4 rings (SSSR count). The monoisotopic (exact) mass is 430 g/mol. The van der Waals surface area contributed by atoms with Crippen molar-refractivity contribution in [1.82, 2.24) is 4.90 Å². The summed E-state index contributed by atoms with van der Waals surface area (Å²) in [5.41, 5.74) is 1.70. The maximum Gasteiger partial charge on any atom is 0.150 e. The zero-order valence-corrected chi connectivity index (χ0v) is 18.2. The second-order valence-corrected chi connectivity index (χ2v) is 8.14. The Labute approximate surface area is 184 Å². The van der Waals surface area contributed by atoms with Gasteiger partial charge in [-0.15, -0.1) is 0 Å². The van der Waals surface area contributed by atoms with E-state index < -0.39 is 0 Å². The Kier molecular flexibility index (Phi) is 10.8. The van der Waals surface area contributed by atoms with Crippen LogP contribution < -0.4 is 0 Å². The van der Waals surface area contributed by atoms with Gasteiger partial charge in [-0.1, -0.05) is 79.6 Å². The van der Waals surface area contributed by atoms with Gasteiger partial charge < -0.3 is 0 Å². The zero-order chi connectivity index (χ0) is 20.9. The minimum atomic E-state index is -0.107. The highest BCUT2D eigenvalue weighted by atomic mass is 35.5. The van der Waals surface area contributed by atoms with Gasteiger partial charge in [0.05, 0.1) is 6.07 Å². The van der Waals surface area contributed by atoms with E-state index in [2.05, 4.69) is 11.0 Å². The van der Waals surface area contributed by atoms with E-state index in [0.717, 1.165) is 30.0 Å². The standard InChI is InChI=1S/C12H13ClN2.C7H5ClO.C5H10/c13-11-5-3-10(4-6-11)12(9-14)15-7-1-2-8-15;8-7-3-1-6(5-9)2-4-7;1-2-4-5-3-1/h3-6,12H,1-2,7-8H2;1-5H;1-5H2. The molecule has 154 valence electrons. The first-order chi connectivity index (χ1) is 14.1. The summed E-state index contributed by atoms with van der Waals surface area (Å²) in [7, 11) is 0. The third-order valence-corrected chi connectivity index (χ3v) is 5.57. The molecule has 1 aliphatic carbocycles. The van der Waals surface area contributed by atoms with Crippen LogP contribution in [0.1, 0.15) is 66.9 Å². The SMILES string of the molecule is C1CCCC1.N#CC(c1ccc(Cl)cc1)N1CCCC1.O=Cc1ccc(Cl)cc1. The molecule has 0 N–H and O–H groups in total. The summed E-state index contributed by atoms with van der Waals surface area (Å²) in [5.74, 6) is 0. The molecule has 1 heterocycles. The second kappa shape index (κ2) is 13.4. The number of carbonyl (C=O) groups excluding carboxylic acids is 1. The topological polar surface area (TPSA) is 44.1 Å². The number of nitriles is 1. The summed E-state index contributed by atoms with van der Waals surface area (Å²) < 4.78 is 0. The molecule has 0 aromatic heterocycles.